The zero-order chi connectivity index (χ0) is 12.1. The Morgan fingerprint density at radius 2 is 2.06 bits per heavy atom. The number of nitrogens with zero attached hydrogens (tertiary/aromatic N) is 1. The fraction of sp³-hybridized carbons (Fsp3) is 0.538. The summed E-state index contributed by atoms with van der Waals surface area (Å²) in [6.07, 6.45) is 1.83. The van der Waals surface area contributed by atoms with E-state index in [9.17, 15) is 4.39 Å². The predicted molar refractivity (Wildman–Crippen MR) is 67.0 cm³/mol. The van der Waals surface area contributed by atoms with E-state index in [1.165, 1.54) is 12.1 Å². The number of aryl methyl sites for hydroxylation is 1. The summed E-state index contributed by atoms with van der Waals surface area (Å²) in [6, 6.07) is 4.55. The van der Waals surface area contributed by atoms with Gasteiger partial charge in [-0.25, -0.2) is 4.39 Å². The average Bonchev–Trinajstić information content (AvgIpc) is 2.35. The predicted octanol–water partition coefficient (Wildman–Crippen LogP) is 2.74. The summed E-state index contributed by atoms with van der Waals surface area (Å²) in [4.78, 5) is 2.37. The van der Waals surface area contributed by atoms with Crippen molar-refractivity contribution in [2.75, 3.05) is 32.8 Å². The normalized spacial score (nSPS) is 17.3. The number of hydrogen-bond donors (Lipinski definition) is 0. The molecule has 94 valence electrons. The van der Waals surface area contributed by atoms with Crippen LogP contribution in [0.25, 0.3) is 0 Å². The van der Waals surface area contributed by atoms with E-state index < -0.39 is 0 Å². The molecule has 1 aliphatic rings. The van der Waals surface area contributed by atoms with Gasteiger partial charge in [-0.3, -0.25) is 4.90 Å². The lowest BCUT2D eigenvalue weighted by Gasteiger charge is -2.26. The Morgan fingerprint density at radius 3 is 2.82 bits per heavy atom. The smallest absolute Gasteiger partial charge is 0.123 e. The van der Waals surface area contributed by atoms with Crippen molar-refractivity contribution in [2.45, 2.75) is 12.8 Å². The quantitative estimate of drug-likeness (QED) is 0.822. The summed E-state index contributed by atoms with van der Waals surface area (Å²) in [6.45, 7) is 4.66. The van der Waals surface area contributed by atoms with Crippen LogP contribution in [0.1, 0.15) is 12.0 Å². The first-order valence-corrected chi connectivity index (χ1v) is 6.37. The van der Waals surface area contributed by atoms with Crippen LogP contribution in [0.3, 0.4) is 0 Å². The third kappa shape index (κ3) is 3.95. The maximum absolute atomic E-state index is 13.0. The third-order valence-corrected chi connectivity index (χ3v) is 3.40. The molecule has 0 aliphatic carbocycles. The van der Waals surface area contributed by atoms with Crippen LogP contribution in [0.4, 0.5) is 4.39 Å². The molecule has 4 heteroatoms. The monoisotopic (exact) mass is 257 g/mol. The third-order valence-electron chi connectivity index (χ3n) is 3.03. The Labute approximate surface area is 106 Å². The van der Waals surface area contributed by atoms with Crippen LogP contribution in [0.2, 0.25) is 5.02 Å². The Morgan fingerprint density at radius 1 is 1.29 bits per heavy atom. The lowest BCUT2D eigenvalue weighted by molar-refractivity contribution is 0.0374. The van der Waals surface area contributed by atoms with Crippen molar-refractivity contribution >= 4 is 11.6 Å². The van der Waals surface area contributed by atoms with Crippen molar-refractivity contribution in [3.63, 3.8) is 0 Å². The minimum absolute atomic E-state index is 0.212. The van der Waals surface area contributed by atoms with Gasteiger partial charge in [0.15, 0.2) is 0 Å². The minimum Gasteiger partial charge on any atom is -0.379 e. The summed E-state index contributed by atoms with van der Waals surface area (Å²) in [7, 11) is 0. The van der Waals surface area contributed by atoms with Gasteiger partial charge in [-0.1, -0.05) is 11.6 Å². The molecule has 0 atom stereocenters. The molecule has 0 spiro atoms. The number of ether oxygens (including phenoxy) is 1. The van der Waals surface area contributed by atoms with Crippen LogP contribution < -0.4 is 0 Å². The van der Waals surface area contributed by atoms with Crippen LogP contribution in [0.5, 0.6) is 0 Å². The zero-order valence-corrected chi connectivity index (χ0v) is 10.5. The van der Waals surface area contributed by atoms with Crippen LogP contribution in [-0.2, 0) is 11.2 Å². The molecular formula is C13H17ClFNO. The van der Waals surface area contributed by atoms with Crippen molar-refractivity contribution in [3.05, 3.63) is 34.6 Å². The summed E-state index contributed by atoms with van der Waals surface area (Å²) in [5.41, 5.74) is 0.903. The number of hydrogen-bond acceptors (Lipinski definition) is 2. The molecule has 1 fully saturated rings. The number of rotatable bonds is 4. The highest BCUT2D eigenvalue weighted by molar-refractivity contribution is 6.31. The van der Waals surface area contributed by atoms with Crippen molar-refractivity contribution in [1.82, 2.24) is 4.90 Å². The van der Waals surface area contributed by atoms with E-state index in [0.29, 0.717) is 5.02 Å². The first-order valence-electron chi connectivity index (χ1n) is 6.00. The zero-order valence-electron chi connectivity index (χ0n) is 9.79. The van der Waals surface area contributed by atoms with Gasteiger partial charge in [0.05, 0.1) is 13.2 Å². The molecule has 0 radical (unpaired) electrons. The van der Waals surface area contributed by atoms with Crippen molar-refractivity contribution in [3.8, 4) is 0 Å². The van der Waals surface area contributed by atoms with E-state index in [4.69, 9.17) is 16.3 Å². The molecule has 1 aromatic rings. The van der Waals surface area contributed by atoms with Gasteiger partial charge in [0.1, 0.15) is 5.82 Å². The van der Waals surface area contributed by atoms with Gasteiger partial charge in [-0.15, -0.1) is 0 Å². The molecule has 0 amide bonds. The Bertz CT molecular complexity index is 366. The summed E-state index contributed by atoms with van der Waals surface area (Å²) >= 11 is 6.02. The molecule has 1 saturated heterocycles. The van der Waals surface area contributed by atoms with Gasteiger partial charge >= 0.3 is 0 Å². The van der Waals surface area contributed by atoms with E-state index >= 15 is 0 Å². The first kappa shape index (κ1) is 12.8. The van der Waals surface area contributed by atoms with E-state index in [2.05, 4.69) is 4.90 Å². The molecule has 0 unspecified atom stereocenters. The molecule has 0 bridgehead atoms. The fourth-order valence-electron chi connectivity index (χ4n) is 2.05. The lowest BCUT2D eigenvalue weighted by Crippen LogP contribution is -2.36. The summed E-state index contributed by atoms with van der Waals surface area (Å²) in [5, 5.41) is 0.661. The van der Waals surface area contributed by atoms with Gasteiger partial charge in [0.2, 0.25) is 0 Å². The Kier molecular flexibility index (Phi) is 4.77. The van der Waals surface area contributed by atoms with Crippen LogP contribution in [0, 0.1) is 5.82 Å². The molecule has 1 aliphatic heterocycles. The fourth-order valence-corrected chi connectivity index (χ4v) is 2.26. The van der Waals surface area contributed by atoms with Crippen molar-refractivity contribution in [2.24, 2.45) is 0 Å². The largest absolute Gasteiger partial charge is 0.379 e. The molecule has 0 aromatic heterocycles. The van der Waals surface area contributed by atoms with Gasteiger partial charge in [0, 0.05) is 18.1 Å². The maximum Gasteiger partial charge on any atom is 0.123 e. The van der Waals surface area contributed by atoms with Crippen molar-refractivity contribution < 1.29 is 9.13 Å². The average molecular weight is 258 g/mol. The Balaban J connectivity index is 1.79. The topological polar surface area (TPSA) is 12.5 Å². The number of halogens is 2. The highest BCUT2D eigenvalue weighted by atomic mass is 35.5. The standard InChI is InChI=1S/C13H17ClFNO/c14-13-4-3-12(15)10-11(13)2-1-5-16-6-8-17-9-7-16/h3-4,10H,1-2,5-9H2. The molecule has 2 rings (SSSR count). The molecule has 0 N–H and O–H groups in total. The lowest BCUT2D eigenvalue weighted by atomic mass is 10.1. The second kappa shape index (κ2) is 6.34. The molecule has 2 nitrogen and oxygen atoms in total. The molecular weight excluding hydrogens is 241 g/mol. The first-order chi connectivity index (χ1) is 8.25. The maximum atomic E-state index is 13.0. The van der Waals surface area contributed by atoms with E-state index in [0.717, 1.165) is 51.3 Å². The van der Waals surface area contributed by atoms with Crippen LogP contribution in [-0.4, -0.2) is 37.7 Å². The molecule has 0 saturated carbocycles. The molecule has 1 aromatic carbocycles. The van der Waals surface area contributed by atoms with Gasteiger partial charge in [0.25, 0.3) is 0 Å². The number of benzene rings is 1. The van der Waals surface area contributed by atoms with Crippen LogP contribution in [0.15, 0.2) is 18.2 Å². The van der Waals surface area contributed by atoms with Gasteiger partial charge in [-0.05, 0) is 43.1 Å². The summed E-state index contributed by atoms with van der Waals surface area (Å²) < 4.78 is 18.3. The summed E-state index contributed by atoms with van der Waals surface area (Å²) in [5.74, 6) is -0.212. The van der Waals surface area contributed by atoms with Crippen molar-refractivity contribution in [1.29, 1.82) is 0 Å². The highest BCUT2D eigenvalue weighted by Crippen LogP contribution is 2.18. The second-order valence-electron chi connectivity index (χ2n) is 4.29. The van der Waals surface area contributed by atoms with Gasteiger partial charge in [-0.2, -0.15) is 0 Å². The highest BCUT2D eigenvalue weighted by Gasteiger charge is 2.10. The molecule has 17 heavy (non-hydrogen) atoms. The van der Waals surface area contributed by atoms with Crippen LogP contribution >= 0.6 is 11.6 Å². The van der Waals surface area contributed by atoms with E-state index in [1.807, 2.05) is 0 Å². The second-order valence-corrected chi connectivity index (χ2v) is 4.70. The van der Waals surface area contributed by atoms with E-state index in [1.54, 1.807) is 6.07 Å². The molecule has 1 heterocycles. The minimum atomic E-state index is -0.212. The number of morpholine rings is 1. The van der Waals surface area contributed by atoms with Gasteiger partial charge < -0.3 is 4.74 Å². The van der Waals surface area contributed by atoms with E-state index in [-0.39, 0.29) is 5.82 Å². The SMILES string of the molecule is Fc1ccc(Cl)c(CCCN2CCOCC2)c1. The Hall–Kier alpha value is -0.640.